The van der Waals surface area contributed by atoms with Gasteiger partial charge in [-0.2, -0.15) is 0 Å². The van der Waals surface area contributed by atoms with Crippen molar-refractivity contribution in [2.45, 2.75) is 6.42 Å². The Kier molecular flexibility index (Phi) is 11.2. The molecule has 1 aromatic carbocycles. The first-order valence-corrected chi connectivity index (χ1v) is 8.70. The van der Waals surface area contributed by atoms with E-state index in [4.69, 9.17) is 9.47 Å². The van der Waals surface area contributed by atoms with E-state index >= 15 is 0 Å². The molecule has 1 saturated heterocycles. The Morgan fingerprint density at radius 1 is 1.41 bits per heavy atom. The smallest absolute Gasteiger partial charge is 0.243 e. The van der Waals surface area contributed by atoms with Crippen molar-refractivity contribution >= 4 is 41.5 Å². The van der Waals surface area contributed by atoms with Crippen LogP contribution in [-0.2, 0) is 14.3 Å². The number of rotatable bonds is 8. The standard InChI is InChI=1S/C18H27FN4O3.HI/c1-20-18(23-7-6-14(12-23)13-26-9-8-25-2)21-11-17(24)22-16-5-3-4-15(19)10-16;/h3-5,10,14H,6-9,11-13H2,1-2H3,(H,20,21)(H,22,24);1H. The van der Waals surface area contributed by atoms with E-state index in [1.165, 1.54) is 12.1 Å². The fourth-order valence-electron chi connectivity index (χ4n) is 2.82. The summed E-state index contributed by atoms with van der Waals surface area (Å²) in [6.07, 6.45) is 1.02. The maximum absolute atomic E-state index is 13.1. The molecule has 0 saturated carbocycles. The van der Waals surface area contributed by atoms with Gasteiger partial charge in [0.2, 0.25) is 5.91 Å². The number of methoxy groups -OCH3 is 1. The number of carbonyl (C=O) groups is 1. The van der Waals surface area contributed by atoms with Gasteiger partial charge in [0, 0.05) is 38.9 Å². The van der Waals surface area contributed by atoms with E-state index in [1.54, 1.807) is 26.3 Å². The van der Waals surface area contributed by atoms with Gasteiger partial charge in [0.15, 0.2) is 5.96 Å². The number of amides is 1. The molecule has 1 amide bonds. The van der Waals surface area contributed by atoms with Gasteiger partial charge in [0.25, 0.3) is 0 Å². The minimum absolute atomic E-state index is 0. The quantitative estimate of drug-likeness (QED) is 0.250. The van der Waals surface area contributed by atoms with Crippen molar-refractivity contribution in [1.82, 2.24) is 10.2 Å². The Morgan fingerprint density at radius 2 is 2.22 bits per heavy atom. The average Bonchev–Trinajstić information content (AvgIpc) is 3.08. The Balaban J connectivity index is 0.00000364. The highest BCUT2D eigenvalue weighted by atomic mass is 127. The van der Waals surface area contributed by atoms with Crippen LogP contribution in [0.25, 0.3) is 0 Å². The predicted molar refractivity (Wildman–Crippen MR) is 114 cm³/mol. The van der Waals surface area contributed by atoms with E-state index in [0.29, 0.717) is 37.4 Å². The molecule has 1 aliphatic rings. The Morgan fingerprint density at radius 3 is 2.93 bits per heavy atom. The molecule has 1 heterocycles. The molecule has 0 aliphatic carbocycles. The molecule has 1 aliphatic heterocycles. The van der Waals surface area contributed by atoms with Crippen molar-refractivity contribution in [3.05, 3.63) is 30.1 Å². The lowest BCUT2D eigenvalue weighted by atomic mass is 10.1. The Labute approximate surface area is 176 Å². The lowest BCUT2D eigenvalue weighted by Crippen LogP contribution is -2.43. The monoisotopic (exact) mass is 494 g/mol. The fraction of sp³-hybridized carbons (Fsp3) is 0.556. The molecule has 9 heteroatoms. The number of likely N-dealkylation sites (tertiary alicyclic amines) is 1. The molecule has 27 heavy (non-hydrogen) atoms. The zero-order chi connectivity index (χ0) is 18.8. The van der Waals surface area contributed by atoms with E-state index < -0.39 is 0 Å². The number of nitrogens with zero attached hydrogens (tertiary/aromatic N) is 2. The average molecular weight is 494 g/mol. The summed E-state index contributed by atoms with van der Waals surface area (Å²) in [6, 6.07) is 5.81. The molecule has 1 atom stereocenters. The second kappa shape index (κ2) is 12.8. The van der Waals surface area contributed by atoms with Crippen LogP contribution in [0.5, 0.6) is 0 Å². The first-order chi connectivity index (χ1) is 12.6. The molecule has 0 bridgehead atoms. The molecule has 0 radical (unpaired) electrons. The van der Waals surface area contributed by atoms with Crippen molar-refractivity contribution in [1.29, 1.82) is 0 Å². The van der Waals surface area contributed by atoms with Crippen molar-refractivity contribution in [2.75, 3.05) is 58.9 Å². The van der Waals surface area contributed by atoms with Gasteiger partial charge in [0.1, 0.15) is 5.82 Å². The Bertz CT molecular complexity index is 618. The van der Waals surface area contributed by atoms with Crippen LogP contribution in [0.2, 0.25) is 0 Å². The van der Waals surface area contributed by atoms with Crippen LogP contribution in [0.4, 0.5) is 10.1 Å². The number of guanidine groups is 1. The number of nitrogens with one attached hydrogen (secondary N) is 2. The summed E-state index contributed by atoms with van der Waals surface area (Å²) in [4.78, 5) is 18.4. The van der Waals surface area contributed by atoms with Gasteiger partial charge >= 0.3 is 0 Å². The molecule has 152 valence electrons. The maximum Gasteiger partial charge on any atom is 0.243 e. The van der Waals surface area contributed by atoms with Crippen LogP contribution < -0.4 is 10.6 Å². The number of anilines is 1. The third-order valence-electron chi connectivity index (χ3n) is 4.10. The van der Waals surface area contributed by atoms with Crippen LogP contribution in [0.1, 0.15) is 6.42 Å². The predicted octanol–water partition coefficient (Wildman–Crippen LogP) is 1.94. The number of aliphatic imine (C=N–C) groups is 1. The SMILES string of the molecule is CN=C(NCC(=O)Nc1cccc(F)c1)N1CCC(COCCOC)C1.I. The highest BCUT2D eigenvalue weighted by Gasteiger charge is 2.25. The van der Waals surface area contributed by atoms with E-state index in [2.05, 4.69) is 20.5 Å². The second-order valence-electron chi connectivity index (χ2n) is 6.13. The van der Waals surface area contributed by atoms with E-state index in [-0.39, 0.29) is 42.2 Å². The van der Waals surface area contributed by atoms with Gasteiger partial charge in [-0.15, -0.1) is 24.0 Å². The summed E-state index contributed by atoms with van der Waals surface area (Å²) < 4.78 is 23.7. The van der Waals surface area contributed by atoms with Crippen LogP contribution in [0.15, 0.2) is 29.3 Å². The molecule has 2 rings (SSSR count). The molecular formula is C18H28FIN4O3. The van der Waals surface area contributed by atoms with Crippen LogP contribution in [0.3, 0.4) is 0 Å². The minimum Gasteiger partial charge on any atom is -0.382 e. The number of hydrogen-bond donors (Lipinski definition) is 2. The number of hydrogen-bond acceptors (Lipinski definition) is 4. The summed E-state index contributed by atoms with van der Waals surface area (Å²) >= 11 is 0. The second-order valence-corrected chi connectivity index (χ2v) is 6.13. The molecule has 2 N–H and O–H groups in total. The van der Waals surface area contributed by atoms with Gasteiger partial charge in [-0.25, -0.2) is 4.39 Å². The summed E-state index contributed by atoms with van der Waals surface area (Å²) in [5.74, 6) is 0.475. The zero-order valence-corrected chi connectivity index (χ0v) is 18.1. The third-order valence-corrected chi connectivity index (χ3v) is 4.10. The van der Waals surface area contributed by atoms with Crippen molar-refractivity contribution < 1.29 is 18.7 Å². The first-order valence-electron chi connectivity index (χ1n) is 8.70. The van der Waals surface area contributed by atoms with Gasteiger partial charge < -0.3 is 25.0 Å². The summed E-state index contributed by atoms with van der Waals surface area (Å²) in [7, 11) is 3.34. The van der Waals surface area contributed by atoms with Crippen molar-refractivity contribution in [2.24, 2.45) is 10.9 Å². The minimum atomic E-state index is -0.387. The highest BCUT2D eigenvalue weighted by Crippen LogP contribution is 2.16. The summed E-state index contributed by atoms with van der Waals surface area (Å²) in [6.45, 7) is 3.65. The van der Waals surface area contributed by atoms with E-state index in [0.717, 1.165) is 19.5 Å². The topological polar surface area (TPSA) is 75.2 Å². The largest absolute Gasteiger partial charge is 0.382 e. The normalized spacial score (nSPS) is 16.8. The zero-order valence-electron chi connectivity index (χ0n) is 15.7. The molecule has 7 nitrogen and oxygen atoms in total. The maximum atomic E-state index is 13.1. The number of benzene rings is 1. The Hall–Kier alpha value is -1.46. The van der Waals surface area contributed by atoms with Crippen molar-refractivity contribution in [3.63, 3.8) is 0 Å². The lowest BCUT2D eigenvalue weighted by Gasteiger charge is -2.21. The van der Waals surface area contributed by atoms with Gasteiger partial charge in [0.05, 0.1) is 26.4 Å². The molecule has 0 aromatic heterocycles. The van der Waals surface area contributed by atoms with Gasteiger partial charge in [-0.3, -0.25) is 9.79 Å². The number of carbonyl (C=O) groups excluding carboxylic acids is 1. The summed E-state index contributed by atoms with van der Waals surface area (Å²) in [5.41, 5.74) is 0.432. The highest BCUT2D eigenvalue weighted by molar-refractivity contribution is 14.0. The summed E-state index contributed by atoms with van der Waals surface area (Å²) in [5, 5.41) is 5.71. The molecule has 1 fully saturated rings. The number of ether oxygens (including phenoxy) is 2. The van der Waals surface area contributed by atoms with Gasteiger partial charge in [-0.1, -0.05) is 6.07 Å². The number of halogens is 2. The van der Waals surface area contributed by atoms with Crippen LogP contribution in [-0.4, -0.2) is 70.4 Å². The van der Waals surface area contributed by atoms with Gasteiger partial charge in [-0.05, 0) is 24.6 Å². The van der Waals surface area contributed by atoms with E-state index in [9.17, 15) is 9.18 Å². The first kappa shape index (κ1) is 23.6. The molecule has 1 unspecified atom stereocenters. The lowest BCUT2D eigenvalue weighted by molar-refractivity contribution is -0.115. The van der Waals surface area contributed by atoms with Crippen molar-refractivity contribution in [3.8, 4) is 0 Å². The van der Waals surface area contributed by atoms with Crippen LogP contribution in [0, 0.1) is 11.7 Å². The fourth-order valence-corrected chi connectivity index (χ4v) is 2.82. The molecule has 0 spiro atoms. The van der Waals surface area contributed by atoms with Crippen LogP contribution >= 0.6 is 24.0 Å². The third kappa shape index (κ3) is 8.39. The molecular weight excluding hydrogens is 466 g/mol. The van der Waals surface area contributed by atoms with E-state index in [1.807, 2.05) is 0 Å². The molecule has 1 aromatic rings.